The van der Waals surface area contributed by atoms with Crippen molar-refractivity contribution in [3.8, 4) is 17.6 Å². The fourth-order valence-corrected chi connectivity index (χ4v) is 2.39. The van der Waals surface area contributed by atoms with Crippen LogP contribution in [0.15, 0.2) is 36.4 Å². The molecule has 1 atom stereocenters. The molecule has 0 unspecified atom stereocenters. The molecule has 0 aromatic heterocycles. The monoisotopic (exact) mass is 280 g/mol. The number of ether oxygens (including phenoxy) is 1. The summed E-state index contributed by atoms with van der Waals surface area (Å²) >= 11 is 0. The maximum absolute atomic E-state index is 9.01. The molecule has 21 heavy (non-hydrogen) atoms. The Hall–Kier alpha value is -2.31. The van der Waals surface area contributed by atoms with Gasteiger partial charge >= 0.3 is 0 Å². The zero-order valence-corrected chi connectivity index (χ0v) is 12.7. The van der Waals surface area contributed by atoms with Gasteiger partial charge < -0.3 is 10.5 Å². The Morgan fingerprint density at radius 3 is 2.38 bits per heavy atom. The standard InChI is InChI=1S/C18H20N2O/c1-4-16(20)15-7-5-6-8-17(15)21-18-12(2)9-14(11-19)10-13(18)3/h5-10,16H,4,20H2,1-3H3/t16-/m1/s1. The first-order chi connectivity index (χ1) is 10.1. The van der Waals surface area contributed by atoms with Crippen molar-refractivity contribution in [1.82, 2.24) is 0 Å². The summed E-state index contributed by atoms with van der Waals surface area (Å²) < 4.78 is 6.10. The van der Waals surface area contributed by atoms with Crippen molar-refractivity contribution in [2.75, 3.05) is 0 Å². The molecule has 0 aliphatic carbocycles. The van der Waals surface area contributed by atoms with Crippen molar-refractivity contribution in [3.05, 3.63) is 58.7 Å². The Morgan fingerprint density at radius 1 is 1.19 bits per heavy atom. The van der Waals surface area contributed by atoms with Gasteiger partial charge in [-0.2, -0.15) is 5.26 Å². The second kappa shape index (κ2) is 6.43. The minimum Gasteiger partial charge on any atom is -0.456 e. The number of aryl methyl sites for hydroxylation is 2. The first-order valence-electron chi connectivity index (χ1n) is 7.10. The minimum atomic E-state index is -0.0415. The molecule has 0 bridgehead atoms. The minimum absolute atomic E-state index is 0.0415. The Bertz CT molecular complexity index is 663. The number of nitrogens with two attached hydrogens (primary N) is 1. The molecule has 0 aliphatic rings. The van der Waals surface area contributed by atoms with Crippen LogP contribution in [0, 0.1) is 25.2 Å². The van der Waals surface area contributed by atoms with Gasteiger partial charge in [-0.05, 0) is 49.6 Å². The molecule has 2 rings (SSSR count). The van der Waals surface area contributed by atoms with Gasteiger partial charge in [-0.3, -0.25) is 0 Å². The normalized spacial score (nSPS) is 11.8. The molecule has 2 N–H and O–H groups in total. The van der Waals surface area contributed by atoms with Crippen LogP contribution in [0.2, 0.25) is 0 Å². The highest BCUT2D eigenvalue weighted by Crippen LogP contribution is 2.34. The van der Waals surface area contributed by atoms with Gasteiger partial charge in [-0.25, -0.2) is 0 Å². The van der Waals surface area contributed by atoms with Gasteiger partial charge in [0.05, 0.1) is 11.6 Å². The predicted octanol–water partition coefficient (Wildman–Crippen LogP) is 4.38. The van der Waals surface area contributed by atoms with E-state index in [1.165, 1.54) is 0 Å². The second-order valence-electron chi connectivity index (χ2n) is 5.21. The molecule has 0 heterocycles. The van der Waals surface area contributed by atoms with Crippen LogP contribution in [-0.2, 0) is 0 Å². The van der Waals surface area contributed by atoms with Gasteiger partial charge in [-0.15, -0.1) is 0 Å². The van der Waals surface area contributed by atoms with E-state index in [2.05, 4.69) is 13.0 Å². The molecule has 0 radical (unpaired) electrons. The molecule has 0 saturated carbocycles. The number of hydrogen-bond donors (Lipinski definition) is 1. The fourth-order valence-electron chi connectivity index (χ4n) is 2.39. The first-order valence-corrected chi connectivity index (χ1v) is 7.10. The lowest BCUT2D eigenvalue weighted by Gasteiger charge is -2.18. The van der Waals surface area contributed by atoms with Crippen LogP contribution in [0.3, 0.4) is 0 Å². The van der Waals surface area contributed by atoms with E-state index in [4.69, 9.17) is 15.7 Å². The van der Waals surface area contributed by atoms with Crippen LogP contribution in [0.1, 0.15) is 41.6 Å². The van der Waals surface area contributed by atoms with E-state index in [1.54, 1.807) is 0 Å². The molecule has 108 valence electrons. The van der Waals surface area contributed by atoms with Gasteiger partial charge in [0.2, 0.25) is 0 Å². The lowest BCUT2D eigenvalue weighted by Crippen LogP contribution is -2.10. The van der Waals surface area contributed by atoms with E-state index >= 15 is 0 Å². The number of rotatable bonds is 4. The average Bonchev–Trinajstić information content (AvgIpc) is 2.50. The summed E-state index contributed by atoms with van der Waals surface area (Å²) in [6.07, 6.45) is 0.853. The van der Waals surface area contributed by atoms with Crippen molar-refractivity contribution >= 4 is 0 Å². The Morgan fingerprint density at radius 2 is 1.81 bits per heavy atom. The third kappa shape index (κ3) is 3.24. The zero-order valence-electron chi connectivity index (χ0n) is 12.7. The van der Waals surface area contributed by atoms with Gasteiger partial charge in [0, 0.05) is 11.6 Å². The van der Waals surface area contributed by atoms with E-state index in [9.17, 15) is 0 Å². The van der Waals surface area contributed by atoms with Crippen molar-refractivity contribution in [1.29, 1.82) is 5.26 Å². The van der Waals surface area contributed by atoms with E-state index in [0.717, 1.165) is 34.6 Å². The molecular weight excluding hydrogens is 260 g/mol. The first kappa shape index (κ1) is 15.1. The predicted molar refractivity (Wildman–Crippen MR) is 84.4 cm³/mol. The lowest BCUT2D eigenvalue weighted by atomic mass is 10.0. The lowest BCUT2D eigenvalue weighted by molar-refractivity contribution is 0.462. The molecule has 2 aromatic carbocycles. The zero-order chi connectivity index (χ0) is 15.4. The van der Waals surface area contributed by atoms with E-state index < -0.39 is 0 Å². The topological polar surface area (TPSA) is 59.0 Å². The molecular formula is C18H20N2O. The number of hydrogen-bond acceptors (Lipinski definition) is 3. The van der Waals surface area contributed by atoms with Gasteiger partial charge in [0.25, 0.3) is 0 Å². The van der Waals surface area contributed by atoms with Gasteiger partial charge in [0.1, 0.15) is 11.5 Å². The number of para-hydroxylation sites is 1. The van der Waals surface area contributed by atoms with Gasteiger partial charge in [-0.1, -0.05) is 25.1 Å². The summed E-state index contributed by atoms with van der Waals surface area (Å²) in [6, 6.07) is 13.6. The van der Waals surface area contributed by atoms with Crippen LogP contribution in [0.25, 0.3) is 0 Å². The molecule has 3 heteroatoms. The highest BCUT2D eigenvalue weighted by molar-refractivity contribution is 5.50. The summed E-state index contributed by atoms with van der Waals surface area (Å²) in [5.41, 5.74) is 9.70. The van der Waals surface area contributed by atoms with Crippen molar-refractivity contribution in [2.45, 2.75) is 33.2 Å². The summed E-state index contributed by atoms with van der Waals surface area (Å²) in [6.45, 7) is 5.96. The van der Waals surface area contributed by atoms with Gasteiger partial charge in [0.15, 0.2) is 0 Å². The van der Waals surface area contributed by atoms with E-state index in [0.29, 0.717) is 5.56 Å². The quantitative estimate of drug-likeness (QED) is 0.904. The van der Waals surface area contributed by atoms with Crippen LogP contribution in [0.5, 0.6) is 11.5 Å². The highest BCUT2D eigenvalue weighted by atomic mass is 16.5. The van der Waals surface area contributed by atoms with Crippen molar-refractivity contribution < 1.29 is 4.74 Å². The highest BCUT2D eigenvalue weighted by Gasteiger charge is 2.13. The summed E-state index contributed by atoms with van der Waals surface area (Å²) in [4.78, 5) is 0. The molecule has 0 aliphatic heterocycles. The molecule has 0 spiro atoms. The van der Waals surface area contributed by atoms with Crippen LogP contribution >= 0.6 is 0 Å². The SMILES string of the molecule is CC[C@@H](N)c1ccccc1Oc1c(C)cc(C#N)cc1C. The molecule has 2 aromatic rings. The van der Waals surface area contributed by atoms with E-state index in [-0.39, 0.29) is 6.04 Å². The Kier molecular flexibility index (Phi) is 4.62. The number of nitriles is 1. The van der Waals surface area contributed by atoms with Crippen LogP contribution < -0.4 is 10.5 Å². The van der Waals surface area contributed by atoms with E-state index in [1.807, 2.05) is 50.2 Å². The number of nitrogens with zero attached hydrogens (tertiary/aromatic N) is 1. The van der Waals surface area contributed by atoms with Crippen molar-refractivity contribution in [3.63, 3.8) is 0 Å². The number of benzene rings is 2. The summed E-state index contributed by atoms with van der Waals surface area (Å²) in [7, 11) is 0. The third-order valence-electron chi connectivity index (χ3n) is 3.56. The maximum Gasteiger partial charge on any atom is 0.133 e. The van der Waals surface area contributed by atoms with Crippen molar-refractivity contribution in [2.24, 2.45) is 5.73 Å². The van der Waals surface area contributed by atoms with Crippen LogP contribution in [-0.4, -0.2) is 0 Å². The fraction of sp³-hybridized carbons (Fsp3) is 0.278. The third-order valence-corrected chi connectivity index (χ3v) is 3.56. The average molecular weight is 280 g/mol. The molecule has 0 amide bonds. The Labute approximate surface area is 126 Å². The molecule has 0 saturated heterocycles. The maximum atomic E-state index is 9.01. The van der Waals surface area contributed by atoms with Crippen LogP contribution in [0.4, 0.5) is 0 Å². The summed E-state index contributed by atoms with van der Waals surface area (Å²) in [5.74, 6) is 1.58. The summed E-state index contributed by atoms with van der Waals surface area (Å²) in [5, 5.41) is 9.01. The molecule has 3 nitrogen and oxygen atoms in total. The second-order valence-corrected chi connectivity index (χ2v) is 5.21. The smallest absolute Gasteiger partial charge is 0.133 e. The Balaban J connectivity index is 2.42. The molecule has 0 fully saturated rings. The largest absolute Gasteiger partial charge is 0.456 e.